The number of rotatable bonds is 2. The summed E-state index contributed by atoms with van der Waals surface area (Å²) in [6.07, 6.45) is 0. The molecule has 0 saturated carbocycles. The average Bonchev–Trinajstić information content (AvgIpc) is 2.32. The van der Waals surface area contributed by atoms with Crippen LogP contribution in [0.15, 0.2) is 12.1 Å². The lowest BCUT2D eigenvalue weighted by Crippen LogP contribution is -2.42. The van der Waals surface area contributed by atoms with Gasteiger partial charge in [0, 0.05) is 6.54 Å². The molecule has 0 radical (unpaired) electrons. The first kappa shape index (κ1) is 13.1. The standard InChI is InChI=1S/C11H9Cl2NO4/c12-6-1-2-7(13)10(9(6)11(16)17)14-3-4-18-5-8(14)15/h1-2H,3-5H2,(H,16,17). The maximum Gasteiger partial charge on any atom is 0.339 e. The maximum absolute atomic E-state index is 11.7. The largest absolute Gasteiger partial charge is 0.478 e. The summed E-state index contributed by atoms with van der Waals surface area (Å²) in [5.74, 6) is -1.57. The molecule has 0 spiro atoms. The van der Waals surface area contributed by atoms with Gasteiger partial charge < -0.3 is 14.7 Å². The molecule has 0 unspecified atom stereocenters. The number of hydrogen-bond acceptors (Lipinski definition) is 3. The Balaban J connectivity index is 2.57. The van der Waals surface area contributed by atoms with Crippen LogP contribution in [0.25, 0.3) is 0 Å². The fraction of sp³-hybridized carbons (Fsp3) is 0.273. The van der Waals surface area contributed by atoms with E-state index in [1.54, 1.807) is 0 Å². The first-order chi connectivity index (χ1) is 8.52. The minimum atomic E-state index is -1.23. The van der Waals surface area contributed by atoms with Crippen LogP contribution in [0.2, 0.25) is 10.0 Å². The zero-order valence-corrected chi connectivity index (χ0v) is 10.7. The molecule has 18 heavy (non-hydrogen) atoms. The van der Waals surface area contributed by atoms with E-state index in [0.717, 1.165) is 0 Å². The molecular weight excluding hydrogens is 281 g/mol. The van der Waals surface area contributed by atoms with Crippen LogP contribution < -0.4 is 4.90 Å². The second-order valence-corrected chi connectivity index (χ2v) is 4.47. The number of nitrogens with zero attached hydrogens (tertiary/aromatic N) is 1. The Kier molecular flexibility index (Phi) is 3.75. The Hall–Kier alpha value is -1.30. The van der Waals surface area contributed by atoms with Crippen molar-refractivity contribution in [1.82, 2.24) is 0 Å². The summed E-state index contributed by atoms with van der Waals surface area (Å²) in [6, 6.07) is 2.86. The van der Waals surface area contributed by atoms with E-state index >= 15 is 0 Å². The number of benzene rings is 1. The molecule has 1 fully saturated rings. The number of morpholine rings is 1. The third-order valence-electron chi connectivity index (χ3n) is 2.55. The zero-order valence-electron chi connectivity index (χ0n) is 9.15. The predicted octanol–water partition coefficient (Wildman–Crippen LogP) is 2.05. The highest BCUT2D eigenvalue weighted by Gasteiger charge is 2.28. The topological polar surface area (TPSA) is 66.8 Å². The van der Waals surface area contributed by atoms with E-state index in [-0.39, 0.29) is 40.4 Å². The average molecular weight is 290 g/mol. The highest BCUT2D eigenvalue weighted by Crippen LogP contribution is 2.35. The van der Waals surface area contributed by atoms with Crippen molar-refractivity contribution in [3.05, 3.63) is 27.7 Å². The molecule has 1 heterocycles. The van der Waals surface area contributed by atoms with Gasteiger partial charge in [0.05, 0.1) is 22.3 Å². The lowest BCUT2D eigenvalue weighted by Gasteiger charge is -2.29. The lowest BCUT2D eigenvalue weighted by molar-refractivity contribution is -0.125. The van der Waals surface area contributed by atoms with Crippen molar-refractivity contribution in [1.29, 1.82) is 0 Å². The van der Waals surface area contributed by atoms with Gasteiger partial charge in [0.15, 0.2) is 0 Å². The molecule has 96 valence electrons. The molecule has 5 nitrogen and oxygen atoms in total. The van der Waals surface area contributed by atoms with Gasteiger partial charge in [0.25, 0.3) is 5.91 Å². The van der Waals surface area contributed by atoms with E-state index in [1.165, 1.54) is 17.0 Å². The van der Waals surface area contributed by atoms with Crippen LogP contribution >= 0.6 is 23.2 Å². The summed E-state index contributed by atoms with van der Waals surface area (Å²) in [4.78, 5) is 24.3. The molecule has 0 bridgehead atoms. The van der Waals surface area contributed by atoms with Crippen molar-refractivity contribution in [2.24, 2.45) is 0 Å². The number of aromatic carboxylic acids is 1. The van der Waals surface area contributed by atoms with Gasteiger partial charge in [-0.25, -0.2) is 4.79 Å². The Morgan fingerprint density at radius 1 is 1.33 bits per heavy atom. The monoisotopic (exact) mass is 289 g/mol. The normalized spacial score (nSPS) is 15.9. The van der Waals surface area contributed by atoms with Crippen molar-refractivity contribution in [3.8, 4) is 0 Å². The Morgan fingerprint density at radius 3 is 2.61 bits per heavy atom. The highest BCUT2D eigenvalue weighted by atomic mass is 35.5. The zero-order chi connectivity index (χ0) is 13.3. The van der Waals surface area contributed by atoms with Crippen molar-refractivity contribution in [3.63, 3.8) is 0 Å². The summed E-state index contributed by atoms with van der Waals surface area (Å²) in [6.45, 7) is 0.481. The molecule has 1 aliphatic rings. The summed E-state index contributed by atoms with van der Waals surface area (Å²) >= 11 is 11.8. The van der Waals surface area contributed by atoms with Gasteiger partial charge in [0.1, 0.15) is 12.2 Å². The number of carboxylic acids is 1. The molecule has 1 saturated heterocycles. The number of halogens is 2. The van der Waals surface area contributed by atoms with Gasteiger partial charge >= 0.3 is 5.97 Å². The van der Waals surface area contributed by atoms with Crippen molar-refractivity contribution in [2.75, 3.05) is 24.7 Å². The van der Waals surface area contributed by atoms with Gasteiger partial charge in [0.2, 0.25) is 0 Å². The van der Waals surface area contributed by atoms with Gasteiger partial charge in [-0.15, -0.1) is 0 Å². The second kappa shape index (κ2) is 5.14. The first-order valence-corrected chi connectivity index (χ1v) is 5.87. The summed E-state index contributed by atoms with van der Waals surface area (Å²) in [7, 11) is 0. The van der Waals surface area contributed by atoms with Crippen LogP contribution in [-0.2, 0) is 9.53 Å². The van der Waals surface area contributed by atoms with E-state index in [1.807, 2.05) is 0 Å². The third-order valence-corrected chi connectivity index (χ3v) is 3.17. The number of hydrogen-bond donors (Lipinski definition) is 1. The van der Waals surface area contributed by atoms with Gasteiger partial charge in [-0.2, -0.15) is 0 Å². The molecule has 0 aliphatic carbocycles. The summed E-state index contributed by atoms with van der Waals surface area (Å²) < 4.78 is 4.99. The fourth-order valence-corrected chi connectivity index (χ4v) is 2.26. The van der Waals surface area contributed by atoms with Crippen LogP contribution in [-0.4, -0.2) is 36.7 Å². The minimum absolute atomic E-state index is 0.0428. The van der Waals surface area contributed by atoms with E-state index < -0.39 is 5.97 Å². The molecule has 1 aliphatic heterocycles. The molecule has 0 aromatic heterocycles. The van der Waals surface area contributed by atoms with Crippen LogP contribution in [0.5, 0.6) is 0 Å². The number of anilines is 1. The lowest BCUT2D eigenvalue weighted by atomic mass is 10.1. The fourth-order valence-electron chi connectivity index (χ4n) is 1.76. The second-order valence-electron chi connectivity index (χ2n) is 3.66. The molecule has 1 aromatic carbocycles. The van der Waals surface area contributed by atoms with Crippen LogP contribution in [0, 0.1) is 0 Å². The SMILES string of the molecule is O=C(O)c1c(Cl)ccc(Cl)c1N1CCOCC1=O. The molecule has 1 N–H and O–H groups in total. The molecule has 1 aromatic rings. The molecular formula is C11H9Cl2NO4. The minimum Gasteiger partial charge on any atom is -0.478 e. The quantitative estimate of drug-likeness (QED) is 0.905. The number of carbonyl (C=O) groups is 2. The molecule has 1 amide bonds. The molecule has 7 heteroatoms. The summed E-state index contributed by atoms with van der Waals surface area (Å²) in [5, 5.41) is 9.39. The van der Waals surface area contributed by atoms with E-state index in [0.29, 0.717) is 6.61 Å². The molecule has 2 rings (SSSR count). The Morgan fingerprint density at radius 2 is 2.00 bits per heavy atom. The van der Waals surface area contributed by atoms with Crippen LogP contribution in [0.3, 0.4) is 0 Å². The van der Waals surface area contributed by atoms with E-state index in [2.05, 4.69) is 0 Å². The van der Waals surface area contributed by atoms with Crippen molar-refractivity contribution in [2.45, 2.75) is 0 Å². The van der Waals surface area contributed by atoms with Gasteiger partial charge in [-0.1, -0.05) is 23.2 Å². The van der Waals surface area contributed by atoms with E-state index in [4.69, 9.17) is 27.9 Å². The molecule has 0 atom stereocenters. The third kappa shape index (κ3) is 2.29. The number of carboxylic acid groups (broad SMARTS) is 1. The predicted molar refractivity (Wildman–Crippen MR) is 66.6 cm³/mol. The Labute approximate surface area is 113 Å². The highest BCUT2D eigenvalue weighted by molar-refractivity contribution is 6.38. The number of amides is 1. The van der Waals surface area contributed by atoms with Gasteiger partial charge in [-0.05, 0) is 12.1 Å². The van der Waals surface area contributed by atoms with Crippen molar-refractivity contribution < 1.29 is 19.4 Å². The smallest absolute Gasteiger partial charge is 0.339 e. The van der Waals surface area contributed by atoms with Crippen molar-refractivity contribution >= 4 is 40.8 Å². The number of ether oxygens (including phenoxy) is 1. The Bertz CT molecular complexity index is 518. The van der Waals surface area contributed by atoms with E-state index in [9.17, 15) is 14.7 Å². The number of carbonyl (C=O) groups excluding carboxylic acids is 1. The van der Waals surface area contributed by atoms with Crippen LogP contribution in [0.4, 0.5) is 5.69 Å². The maximum atomic E-state index is 11.7. The summed E-state index contributed by atoms with van der Waals surface area (Å²) in [5.41, 5.74) is -0.0376. The first-order valence-electron chi connectivity index (χ1n) is 5.11. The van der Waals surface area contributed by atoms with Gasteiger partial charge in [-0.3, -0.25) is 4.79 Å². The van der Waals surface area contributed by atoms with Crippen LogP contribution in [0.1, 0.15) is 10.4 Å².